The number of hydrogen-bond acceptors (Lipinski definition) is 5. The Balaban J connectivity index is 2.15. The SMILES string of the molecule is COc1cccc(OC)c1-c1ccc(-c2c(OC)cccc2OC)s1. The maximum atomic E-state index is 5.52. The van der Waals surface area contributed by atoms with Crippen molar-refractivity contribution < 1.29 is 18.9 Å². The van der Waals surface area contributed by atoms with E-state index in [0.29, 0.717) is 0 Å². The standard InChI is InChI=1S/C20H20O4S/c1-21-13-7-5-8-14(22-2)19(13)17-11-12-18(25-17)20-15(23-3)9-6-10-16(20)24-4/h5-12H,1-4H3. The van der Waals surface area contributed by atoms with Gasteiger partial charge in [-0.1, -0.05) is 12.1 Å². The summed E-state index contributed by atoms with van der Waals surface area (Å²) in [5, 5.41) is 0. The first-order valence-electron chi connectivity index (χ1n) is 7.76. The monoisotopic (exact) mass is 356 g/mol. The average Bonchev–Trinajstić information content (AvgIpc) is 3.15. The van der Waals surface area contributed by atoms with Gasteiger partial charge in [-0.05, 0) is 36.4 Å². The van der Waals surface area contributed by atoms with Gasteiger partial charge in [0, 0.05) is 9.75 Å². The molecule has 2 aromatic carbocycles. The number of benzene rings is 2. The van der Waals surface area contributed by atoms with E-state index in [0.717, 1.165) is 43.9 Å². The van der Waals surface area contributed by atoms with Crippen molar-refractivity contribution in [2.45, 2.75) is 0 Å². The number of ether oxygens (including phenoxy) is 4. The molecule has 0 saturated carbocycles. The highest BCUT2D eigenvalue weighted by Gasteiger charge is 2.18. The van der Waals surface area contributed by atoms with Crippen molar-refractivity contribution in [1.29, 1.82) is 0 Å². The van der Waals surface area contributed by atoms with Gasteiger partial charge in [0.2, 0.25) is 0 Å². The lowest BCUT2D eigenvalue weighted by Crippen LogP contribution is -1.91. The molecule has 0 unspecified atom stereocenters. The van der Waals surface area contributed by atoms with Gasteiger partial charge in [-0.3, -0.25) is 0 Å². The average molecular weight is 356 g/mol. The van der Waals surface area contributed by atoms with Crippen molar-refractivity contribution in [3.8, 4) is 43.9 Å². The van der Waals surface area contributed by atoms with E-state index < -0.39 is 0 Å². The lowest BCUT2D eigenvalue weighted by atomic mass is 10.1. The first-order valence-corrected chi connectivity index (χ1v) is 8.57. The normalized spacial score (nSPS) is 10.4. The van der Waals surface area contributed by atoms with Crippen LogP contribution in [-0.2, 0) is 0 Å². The summed E-state index contributed by atoms with van der Waals surface area (Å²) < 4.78 is 22.1. The summed E-state index contributed by atoms with van der Waals surface area (Å²) in [5.74, 6) is 3.11. The molecular weight excluding hydrogens is 336 g/mol. The number of hydrogen-bond donors (Lipinski definition) is 0. The molecular formula is C20H20O4S. The molecule has 0 N–H and O–H groups in total. The van der Waals surface area contributed by atoms with E-state index in [2.05, 4.69) is 12.1 Å². The molecule has 130 valence electrons. The second-order valence-electron chi connectivity index (χ2n) is 5.24. The summed E-state index contributed by atoms with van der Waals surface area (Å²) in [5.41, 5.74) is 1.88. The second kappa shape index (κ2) is 7.49. The molecule has 0 atom stereocenters. The third-order valence-electron chi connectivity index (χ3n) is 3.95. The van der Waals surface area contributed by atoms with Gasteiger partial charge in [-0.2, -0.15) is 0 Å². The van der Waals surface area contributed by atoms with Crippen LogP contribution in [0.25, 0.3) is 20.9 Å². The third kappa shape index (κ3) is 3.15. The molecule has 25 heavy (non-hydrogen) atoms. The fraction of sp³-hybridized carbons (Fsp3) is 0.200. The van der Waals surface area contributed by atoms with Crippen LogP contribution in [0.15, 0.2) is 48.5 Å². The Hall–Kier alpha value is -2.66. The highest BCUT2D eigenvalue weighted by atomic mass is 32.1. The Morgan fingerprint density at radius 1 is 0.520 bits per heavy atom. The molecule has 0 aliphatic rings. The molecule has 0 amide bonds. The fourth-order valence-electron chi connectivity index (χ4n) is 2.79. The summed E-state index contributed by atoms with van der Waals surface area (Å²) in [6.07, 6.45) is 0. The zero-order chi connectivity index (χ0) is 17.8. The minimum absolute atomic E-state index is 0.778. The molecule has 0 radical (unpaired) electrons. The lowest BCUT2D eigenvalue weighted by Gasteiger charge is -2.12. The van der Waals surface area contributed by atoms with Crippen LogP contribution < -0.4 is 18.9 Å². The molecule has 0 saturated heterocycles. The van der Waals surface area contributed by atoms with Crippen LogP contribution in [0.2, 0.25) is 0 Å². The van der Waals surface area contributed by atoms with E-state index in [9.17, 15) is 0 Å². The van der Waals surface area contributed by atoms with Crippen LogP contribution in [0.1, 0.15) is 0 Å². The molecule has 0 bridgehead atoms. The zero-order valence-electron chi connectivity index (χ0n) is 14.7. The Bertz CT molecular complexity index is 755. The van der Waals surface area contributed by atoms with Gasteiger partial charge in [0.1, 0.15) is 23.0 Å². The Morgan fingerprint density at radius 3 is 1.12 bits per heavy atom. The van der Waals surface area contributed by atoms with E-state index in [-0.39, 0.29) is 0 Å². The van der Waals surface area contributed by atoms with Crippen molar-refractivity contribution in [3.63, 3.8) is 0 Å². The van der Waals surface area contributed by atoms with Gasteiger partial charge in [0.25, 0.3) is 0 Å². The maximum Gasteiger partial charge on any atom is 0.131 e. The Morgan fingerprint density at radius 2 is 0.840 bits per heavy atom. The molecule has 0 fully saturated rings. The highest BCUT2D eigenvalue weighted by molar-refractivity contribution is 7.19. The van der Waals surface area contributed by atoms with Crippen molar-refractivity contribution in [1.82, 2.24) is 0 Å². The molecule has 4 nitrogen and oxygen atoms in total. The summed E-state index contributed by atoms with van der Waals surface area (Å²) in [7, 11) is 6.65. The molecule has 5 heteroatoms. The number of methoxy groups -OCH3 is 4. The van der Waals surface area contributed by atoms with Crippen molar-refractivity contribution in [2.24, 2.45) is 0 Å². The minimum Gasteiger partial charge on any atom is -0.496 e. The summed E-state index contributed by atoms with van der Waals surface area (Å²) in [6.45, 7) is 0. The Kier molecular flexibility index (Phi) is 5.14. The molecule has 0 aliphatic carbocycles. The van der Waals surface area contributed by atoms with Crippen molar-refractivity contribution in [2.75, 3.05) is 28.4 Å². The van der Waals surface area contributed by atoms with Gasteiger partial charge in [0.15, 0.2) is 0 Å². The summed E-state index contributed by atoms with van der Waals surface area (Å²) in [6, 6.07) is 15.7. The molecule has 1 aromatic heterocycles. The molecule has 0 spiro atoms. The van der Waals surface area contributed by atoms with Crippen LogP contribution >= 0.6 is 11.3 Å². The van der Waals surface area contributed by atoms with E-state index in [1.807, 2.05) is 36.4 Å². The second-order valence-corrected chi connectivity index (χ2v) is 6.32. The van der Waals surface area contributed by atoms with Crippen molar-refractivity contribution in [3.05, 3.63) is 48.5 Å². The van der Waals surface area contributed by atoms with Crippen LogP contribution in [0.3, 0.4) is 0 Å². The lowest BCUT2D eigenvalue weighted by molar-refractivity contribution is 0.397. The van der Waals surface area contributed by atoms with E-state index >= 15 is 0 Å². The molecule has 3 rings (SSSR count). The van der Waals surface area contributed by atoms with Gasteiger partial charge < -0.3 is 18.9 Å². The minimum atomic E-state index is 0.778. The Labute approximate surface area is 151 Å². The van der Waals surface area contributed by atoms with Crippen LogP contribution in [0.4, 0.5) is 0 Å². The van der Waals surface area contributed by atoms with E-state index in [1.54, 1.807) is 39.8 Å². The van der Waals surface area contributed by atoms with Gasteiger partial charge in [-0.25, -0.2) is 0 Å². The van der Waals surface area contributed by atoms with Crippen LogP contribution in [0.5, 0.6) is 23.0 Å². The quantitative estimate of drug-likeness (QED) is 0.614. The smallest absolute Gasteiger partial charge is 0.131 e. The van der Waals surface area contributed by atoms with E-state index in [4.69, 9.17) is 18.9 Å². The van der Waals surface area contributed by atoms with Gasteiger partial charge >= 0.3 is 0 Å². The summed E-state index contributed by atoms with van der Waals surface area (Å²) in [4.78, 5) is 2.11. The number of rotatable bonds is 6. The van der Waals surface area contributed by atoms with E-state index in [1.165, 1.54) is 0 Å². The third-order valence-corrected chi connectivity index (χ3v) is 5.07. The maximum absolute atomic E-state index is 5.52. The fourth-order valence-corrected chi connectivity index (χ4v) is 3.91. The first-order chi connectivity index (χ1) is 12.2. The zero-order valence-corrected chi connectivity index (χ0v) is 15.5. The van der Waals surface area contributed by atoms with Crippen LogP contribution in [-0.4, -0.2) is 28.4 Å². The highest BCUT2D eigenvalue weighted by Crippen LogP contribution is 2.47. The number of thiophene rings is 1. The molecule has 1 heterocycles. The molecule has 0 aliphatic heterocycles. The van der Waals surface area contributed by atoms with Gasteiger partial charge in [-0.15, -0.1) is 11.3 Å². The summed E-state index contributed by atoms with van der Waals surface area (Å²) >= 11 is 1.64. The topological polar surface area (TPSA) is 36.9 Å². The largest absolute Gasteiger partial charge is 0.496 e. The van der Waals surface area contributed by atoms with Crippen molar-refractivity contribution >= 4 is 11.3 Å². The van der Waals surface area contributed by atoms with Crippen LogP contribution in [0, 0.1) is 0 Å². The predicted octanol–water partition coefficient (Wildman–Crippen LogP) is 5.12. The predicted molar refractivity (Wildman–Crippen MR) is 101 cm³/mol. The van der Waals surface area contributed by atoms with Gasteiger partial charge in [0.05, 0.1) is 39.6 Å². The first kappa shape index (κ1) is 17.2. The molecule has 3 aromatic rings.